The quantitative estimate of drug-likeness (QED) is 0.779. The Bertz CT molecular complexity index is 382. The van der Waals surface area contributed by atoms with E-state index in [2.05, 4.69) is 10.3 Å². The second-order valence-electron chi connectivity index (χ2n) is 2.50. The van der Waals surface area contributed by atoms with Gasteiger partial charge in [-0.3, -0.25) is 4.99 Å². The van der Waals surface area contributed by atoms with Crippen molar-refractivity contribution in [3.05, 3.63) is 41.0 Å². The van der Waals surface area contributed by atoms with Crippen LogP contribution < -0.4 is 5.32 Å². The number of rotatable bonds is 2. The first-order chi connectivity index (χ1) is 6.88. The molecule has 1 aromatic rings. The molecule has 3 nitrogen and oxygen atoms in total. The topological polar surface area (TPSA) is 47.5 Å². The van der Waals surface area contributed by atoms with Crippen molar-refractivity contribution in [2.45, 2.75) is 4.21 Å². The molecule has 0 amide bonds. The largest absolute Gasteiger partial charge is 0.605 e. The Morgan fingerprint density at radius 1 is 1.50 bits per heavy atom. The first-order valence-electron chi connectivity index (χ1n) is 3.98. The zero-order valence-electron chi connectivity index (χ0n) is 7.21. The number of aliphatic imine (C=N–C) groups is 1. The summed E-state index contributed by atoms with van der Waals surface area (Å²) < 4.78 is 12.7. The smallest absolute Gasteiger partial charge is 0.247 e. The molecule has 14 heavy (non-hydrogen) atoms. The molecule has 1 unspecified atom stereocenters. The van der Waals surface area contributed by atoms with Crippen LogP contribution in [0.5, 0.6) is 0 Å². The molecule has 0 saturated carbocycles. The van der Waals surface area contributed by atoms with Gasteiger partial charge in [0.2, 0.25) is 9.24 Å². The third kappa shape index (κ3) is 2.06. The van der Waals surface area contributed by atoms with Gasteiger partial charge in [-0.25, -0.2) is 0 Å². The van der Waals surface area contributed by atoms with Crippen molar-refractivity contribution in [2.24, 2.45) is 4.99 Å². The van der Waals surface area contributed by atoms with Crippen LogP contribution in [0.3, 0.4) is 0 Å². The van der Waals surface area contributed by atoms with E-state index in [0.29, 0.717) is 5.03 Å². The van der Waals surface area contributed by atoms with Gasteiger partial charge in [0, 0.05) is 18.5 Å². The van der Waals surface area contributed by atoms with Crippen LogP contribution in [0, 0.1) is 0 Å². The van der Waals surface area contributed by atoms with Gasteiger partial charge < -0.3 is 9.87 Å². The molecule has 0 radical (unpaired) electrons. The summed E-state index contributed by atoms with van der Waals surface area (Å²) in [5, 5.41) is 5.45. The summed E-state index contributed by atoms with van der Waals surface area (Å²) >= 11 is 0.328. The summed E-state index contributed by atoms with van der Waals surface area (Å²) in [6.45, 7) is 0. The minimum absolute atomic E-state index is 0.609. The number of allylic oxidation sites excluding steroid dienone is 1. The predicted octanol–water partition coefficient (Wildman–Crippen LogP) is 1.84. The molecule has 0 saturated heterocycles. The summed E-state index contributed by atoms with van der Waals surface area (Å²) in [6.07, 6.45) is 6.70. The molecule has 0 aromatic carbocycles. The molecule has 0 aliphatic carbocycles. The van der Waals surface area contributed by atoms with Gasteiger partial charge in [-0.05, 0) is 17.5 Å². The summed E-state index contributed by atoms with van der Waals surface area (Å²) in [7, 11) is 0. The predicted molar refractivity (Wildman–Crippen MR) is 59.6 cm³/mol. The van der Waals surface area contributed by atoms with Crippen LogP contribution in [0.2, 0.25) is 0 Å². The fourth-order valence-corrected chi connectivity index (χ4v) is 2.93. The highest BCUT2D eigenvalue weighted by Crippen LogP contribution is 2.22. The number of hydrogen-bond acceptors (Lipinski definition) is 4. The zero-order chi connectivity index (χ0) is 9.80. The van der Waals surface area contributed by atoms with E-state index in [1.807, 2.05) is 17.5 Å². The average molecular weight is 224 g/mol. The van der Waals surface area contributed by atoms with E-state index in [0.717, 1.165) is 4.21 Å². The van der Waals surface area contributed by atoms with Crippen LogP contribution >= 0.6 is 11.3 Å². The van der Waals surface area contributed by atoms with Gasteiger partial charge in [0.25, 0.3) is 0 Å². The Balaban J connectivity index is 2.19. The van der Waals surface area contributed by atoms with Crippen LogP contribution in [0.1, 0.15) is 0 Å². The molecule has 2 heterocycles. The van der Waals surface area contributed by atoms with Gasteiger partial charge in [-0.2, -0.15) is 0 Å². The molecular weight excluding hydrogens is 216 g/mol. The Labute approximate surface area is 89.1 Å². The second-order valence-corrected chi connectivity index (χ2v) is 5.12. The zero-order valence-corrected chi connectivity index (χ0v) is 8.85. The summed E-state index contributed by atoms with van der Waals surface area (Å²) in [5.74, 6) is 0. The lowest BCUT2D eigenvalue weighted by molar-refractivity contribution is 0.600. The Kier molecular flexibility index (Phi) is 3.03. The summed E-state index contributed by atoms with van der Waals surface area (Å²) in [4.78, 5) is 3.96. The number of nitrogens with zero attached hydrogens (tertiary/aromatic N) is 1. The monoisotopic (exact) mass is 224 g/mol. The lowest BCUT2D eigenvalue weighted by atomic mass is 10.7. The van der Waals surface area contributed by atoms with E-state index in [-0.39, 0.29) is 0 Å². The summed E-state index contributed by atoms with van der Waals surface area (Å²) in [5.41, 5.74) is 0. The Hall–Kier alpha value is -1.04. The van der Waals surface area contributed by atoms with Crippen molar-refractivity contribution in [2.75, 3.05) is 0 Å². The molecule has 1 aliphatic heterocycles. The number of thiophene rings is 1. The molecule has 0 bridgehead atoms. The maximum atomic E-state index is 11.9. The van der Waals surface area contributed by atoms with Crippen LogP contribution in [0.4, 0.5) is 0 Å². The number of hydrogen-bond donors (Lipinski definition) is 1. The van der Waals surface area contributed by atoms with E-state index >= 15 is 0 Å². The molecular formula is C9H8N2OS2. The lowest BCUT2D eigenvalue weighted by Crippen LogP contribution is -2.14. The van der Waals surface area contributed by atoms with E-state index in [1.54, 1.807) is 24.7 Å². The van der Waals surface area contributed by atoms with E-state index in [9.17, 15) is 4.55 Å². The highest BCUT2D eigenvalue weighted by atomic mass is 32.2. The standard InChI is InChI=1S/C9H8N2OS2/c12-14(9-3-1-6-13-9)8-7-10-4-2-5-11-8/h1-7,11H. The molecule has 1 atom stereocenters. The molecule has 0 fully saturated rings. The number of nitrogens with one attached hydrogen (secondary N) is 1. The highest BCUT2D eigenvalue weighted by Gasteiger charge is 2.18. The maximum absolute atomic E-state index is 11.9. The van der Waals surface area contributed by atoms with E-state index in [4.69, 9.17) is 0 Å². The SMILES string of the molecule is [O-][S+](C1=CN=CC=CN1)c1cccs1. The molecule has 5 heteroatoms. The third-order valence-electron chi connectivity index (χ3n) is 1.56. The maximum Gasteiger partial charge on any atom is 0.247 e. The van der Waals surface area contributed by atoms with Gasteiger partial charge in [-0.1, -0.05) is 11.3 Å². The van der Waals surface area contributed by atoms with Crippen molar-refractivity contribution in [3.8, 4) is 0 Å². The van der Waals surface area contributed by atoms with Crippen molar-refractivity contribution < 1.29 is 4.55 Å². The minimum Gasteiger partial charge on any atom is -0.605 e. The summed E-state index contributed by atoms with van der Waals surface area (Å²) in [6, 6.07) is 3.73. The fourth-order valence-electron chi connectivity index (χ4n) is 0.950. The first kappa shape index (κ1) is 9.51. The molecule has 72 valence electrons. The van der Waals surface area contributed by atoms with Gasteiger partial charge in [0.1, 0.15) is 6.20 Å². The Morgan fingerprint density at radius 2 is 2.43 bits per heavy atom. The Morgan fingerprint density at radius 3 is 3.21 bits per heavy atom. The first-order valence-corrected chi connectivity index (χ1v) is 6.01. The van der Waals surface area contributed by atoms with Crippen molar-refractivity contribution in [1.29, 1.82) is 0 Å². The average Bonchev–Trinajstić information content (AvgIpc) is 2.59. The van der Waals surface area contributed by atoms with Crippen LogP contribution in [0.15, 0.2) is 50.2 Å². The van der Waals surface area contributed by atoms with Crippen LogP contribution in [0.25, 0.3) is 0 Å². The second kappa shape index (κ2) is 4.45. The molecule has 1 aliphatic rings. The van der Waals surface area contributed by atoms with Gasteiger partial charge in [-0.15, -0.1) is 0 Å². The van der Waals surface area contributed by atoms with Crippen molar-refractivity contribution >= 4 is 28.7 Å². The van der Waals surface area contributed by atoms with Crippen molar-refractivity contribution in [1.82, 2.24) is 5.32 Å². The normalized spacial score (nSPS) is 17.1. The van der Waals surface area contributed by atoms with E-state index < -0.39 is 11.2 Å². The van der Waals surface area contributed by atoms with Gasteiger partial charge in [0.05, 0.1) is 11.2 Å². The van der Waals surface area contributed by atoms with Crippen LogP contribution in [-0.2, 0) is 11.2 Å². The fraction of sp³-hybridized carbons (Fsp3) is 0. The van der Waals surface area contributed by atoms with Gasteiger partial charge >= 0.3 is 0 Å². The molecule has 1 N–H and O–H groups in total. The lowest BCUT2D eigenvalue weighted by Gasteiger charge is -2.08. The molecule has 1 aromatic heterocycles. The molecule has 0 spiro atoms. The van der Waals surface area contributed by atoms with Crippen molar-refractivity contribution in [3.63, 3.8) is 0 Å². The third-order valence-corrected chi connectivity index (χ3v) is 4.09. The highest BCUT2D eigenvalue weighted by molar-refractivity contribution is 7.97. The molecule has 2 rings (SSSR count). The van der Waals surface area contributed by atoms with Crippen LogP contribution in [-0.4, -0.2) is 10.8 Å². The van der Waals surface area contributed by atoms with E-state index in [1.165, 1.54) is 11.3 Å². The minimum atomic E-state index is -1.15. The van der Waals surface area contributed by atoms with Gasteiger partial charge in [0.15, 0.2) is 0 Å².